The third-order valence-electron chi connectivity index (χ3n) is 3.39. The van der Waals surface area contributed by atoms with Crippen molar-refractivity contribution < 1.29 is 4.74 Å². The SMILES string of the molecule is CC1CN(C(N)=NCC2=CCCCC2)CCO1. The summed E-state index contributed by atoms with van der Waals surface area (Å²) < 4.78 is 5.49. The molecule has 4 nitrogen and oxygen atoms in total. The van der Waals surface area contributed by atoms with Crippen LogP contribution < -0.4 is 5.73 Å². The molecule has 0 aromatic rings. The summed E-state index contributed by atoms with van der Waals surface area (Å²) in [7, 11) is 0. The fourth-order valence-electron chi connectivity index (χ4n) is 2.36. The predicted octanol–water partition coefficient (Wildman–Crippen LogP) is 1.52. The fourth-order valence-corrected chi connectivity index (χ4v) is 2.36. The first-order valence-electron chi connectivity index (χ1n) is 6.60. The molecule has 0 aromatic carbocycles. The van der Waals surface area contributed by atoms with Crippen molar-refractivity contribution in [2.75, 3.05) is 26.2 Å². The Hall–Kier alpha value is -1.03. The molecule has 1 atom stereocenters. The Balaban J connectivity index is 1.85. The highest BCUT2D eigenvalue weighted by Crippen LogP contribution is 2.17. The van der Waals surface area contributed by atoms with E-state index < -0.39 is 0 Å². The quantitative estimate of drug-likeness (QED) is 0.450. The van der Waals surface area contributed by atoms with Crippen LogP contribution in [0.15, 0.2) is 16.6 Å². The van der Waals surface area contributed by atoms with Crippen molar-refractivity contribution in [2.24, 2.45) is 10.7 Å². The Morgan fingerprint density at radius 1 is 1.59 bits per heavy atom. The van der Waals surface area contributed by atoms with Crippen LogP contribution in [-0.2, 0) is 4.74 Å². The van der Waals surface area contributed by atoms with E-state index in [1.54, 1.807) is 0 Å². The Kier molecular flexibility index (Phi) is 4.42. The molecule has 2 aliphatic rings. The molecule has 4 heteroatoms. The van der Waals surface area contributed by atoms with Crippen LogP contribution in [0.4, 0.5) is 0 Å². The van der Waals surface area contributed by atoms with E-state index in [0.717, 1.165) is 26.2 Å². The van der Waals surface area contributed by atoms with E-state index >= 15 is 0 Å². The Bertz CT molecular complexity index is 312. The number of hydrogen-bond acceptors (Lipinski definition) is 2. The van der Waals surface area contributed by atoms with Gasteiger partial charge in [-0.15, -0.1) is 0 Å². The number of allylic oxidation sites excluding steroid dienone is 1. The average Bonchev–Trinajstić information content (AvgIpc) is 2.37. The number of nitrogens with zero attached hydrogens (tertiary/aromatic N) is 2. The molecule has 1 unspecified atom stereocenters. The summed E-state index contributed by atoms with van der Waals surface area (Å²) in [5.74, 6) is 0.673. The van der Waals surface area contributed by atoms with E-state index in [9.17, 15) is 0 Å². The first-order chi connectivity index (χ1) is 8.25. The zero-order valence-electron chi connectivity index (χ0n) is 10.7. The molecule has 17 heavy (non-hydrogen) atoms. The number of nitrogens with two attached hydrogens (primary N) is 1. The highest BCUT2D eigenvalue weighted by molar-refractivity contribution is 5.78. The molecule has 1 heterocycles. The lowest BCUT2D eigenvalue weighted by Crippen LogP contribution is -2.47. The molecule has 0 amide bonds. The second-order valence-electron chi connectivity index (χ2n) is 4.91. The minimum Gasteiger partial charge on any atom is -0.375 e. The summed E-state index contributed by atoms with van der Waals surface area (Å²) in [6, 6.07) is 0. The topological polar surface area (TPSA) is 50.8 Å². The van der Waals surface area contributed by atoms with Crippen molar-refractivity contribution in [3.05, 3.63) is 11.6 Å². The van der Waals surface area contributed by atoms with Crippen molar-refractivity contribution in [2.45, 2.75) is 38.7 Å². The van der Waals surface area contributed by atoms with E-state index in [0.29, 0.717) is 5.96 Å². The van der Waals surface area contributed by atoms with Gasteiger partial charge in [0.25, 0.3) is 0 Å². The van der Waals surface area contributed by atoms with Gasteiger partial charge in [0, 0.05) is 13.1 Å². The van der Waals surface area contributed by atoms with Crippen molar-refractivity contribution in [1.82, 2.24) is 4.90 Å². The first kappa shape index (κ1) is 12.4. The molecule has 0 bridgehead atoms. The number of aliphatic imine (C=N–C) groups is 1. The van der Waals surface area contributed by atoms with Gasteiger partial charge < -0.3 is 15.4 Å². The van der Waals surface area contributed by atoms with Crippen LogP contribution in [0.3, 0.4) is 0 Å². The molecular formula is C13H23N3O. The van der Waals surface area contributed by atoms with E-state index in [1.165, 1.54) is 31.3 Å². The van der Waals surface area contributed by atoms with Gasteiger partial charge in [-0.25, -0.2) is 4.99 Å². The molecule has 1 aliphatic heterocycles. The van der Waals surface area contributed by atoms with Crippen molar-refractivity contribution in [1.29, 1.82) is 0 Å². The zero-order chi connectivity index (χ0) is 12.1. The van der Waals surface area contributed by atoms with Gasteiger partial charge in [0.2, 0.25) is 0 Å². The number of ether oxygens (including phenoxy) is 1. The molecule has 1 fully saturated rings. The van der Waals surface area contributed by atoms with Crippen LogP contribution in [0.5, 0.6) is 0 Å². The Labute approximate surface area is 104 Å². The van der Waals surface area contributed by atoms with E-state index in [-0.39, 0.29) is 6.10 Å². The number of rotatable bonds is 2. The predicted molar refractivity (Wildman–Crippen MR) is 70.0 cm³/mol. The van der Waals surface area contributed by atoms with Gasteiger partial charge in [-0.1, -0.05) is 11.6 Å². The van der Waals surface area contributed by atoms with Gasteiger partial charge in [0.05, 0.1) is 19.3 Å². The second-order valence-corrected chi connectivity index (χ2v) is 4.91. The third-order valence-corrected chi connectivity index (χ3v) is 3.39. The molecular weight excluding hydrogens is 214 g/mol. The van der Waals surface area contributed by atoms with Crippen molar-refractivity contribution >= 4 is 5.96 Å². The number of guanidine groups is 1. The van der Waals surface area contributed by atoms with Gasteiger partial charge in [0.1, 0.15) is 0 Å². The second kappa shape index (κ2) is 6.05. The lowest BCUT2D eigenvalue weighted by molar-refractivity contribution is 0.00531. The van der Waals surface area contributed by atoms with E-state index in [2.05, 4.69) is 22.9 Å². The number of hydrogen-bond donors (Lipinski definition) is 1. The van der Waals surface area contributed by atoms with Gasteiger partial charge >= 0.3 is 0 Å². The van der Waals surface area contributed by atoms with Gasteiger partial charge in [-0.05, 0) is 32.6 Å². The van der Waals surface area contributed by atoms with Crippen LogP contribution in [0.25, 0.3) is 0 Å². The normalized spacial score (nSPS) is 26.9. The molecule has 96 valence electrons. The van der Waals surface area contributed by atoms with Gasteiger partial charge in [0.15, 0.2) is 5.96 Å². The summed E-state index contributed by atoms with van der Waals surface area (Å²) in [5, 5.41) is 0. The summed E-state index contributed by atoms with van der Waals surface area (Å²) in [4.78, 5) is 6.63. The molecule has 2 N–H and O–H groups in total. The number of morpholine rings is 1. The minimum absolute atomic E-state index is 0.256. The summed E-state index contributed by atoms with van der Waals surface area (Å²) in [5.41, 5.74) is 7.47. The first-order valence-corrected chi connectivity index (χ1v) is 6.60. The van der Waals surface area contributed by atoms with Crippen LogP contribution in [0.1, 0.15) is 32.6 Å². The minimum atomic E-state index is 0.256. The molecule has 1 aliphatic carbocycles. The molecule has 0 saturated carbocycles. The highest BCUT2D eigenvalue weighted by Gasteiger charge is 2.17. The maximum absolute atomic E-state index is 6.02. The van der Waals surface area contributed by atoms with Crippen LogP contribution in [0, 0.1) is 0 Å². The van der Waals surface area contributed by atoms with Crippen molar-refractivity contribution in [3.63, 3.8) is 0 Å². The Morgan fingerprint density at radius 3 is 3.18 bits per heavy atom. The molecule has 1 saturated heterocycles. The summed E-state index contributed by atoms with van der Waals surface area (Å²) in [6.45, 7) is 5.31. The lowest BCUT2D eigenvalue weighted by Gasteiger charge is -2.31. The zero-order valence-corrected chi connectivity index (χ0v) is 10.7. The molecule has 0 aromatic heterocycles. The fraction of sp³-hybridized carbons (Fsp3) is 0.769. The van der Waals surface area contributed by atoms with Crippen molar-refractivity contribution in [3.8, 4) is 0 Å². The largest absolute Gasteiger partial charge is 0.375 e. The lowest BCUT2D eigenvalue weighted by atomic mass is 10.00. The van der Waals surface area contributed by atoms with Crippen LogP contribution >= 0.6 is 0 Å². The Morgan fingerprint density at radius 2 is 2.47 bits per heavy atom. The van der Waals surface area contributed by atoms with E-state index in [4.69, 9.17) is 10.5 Å². The monoisotopic (exact) mass is 237 g/mol. The molecule has 2 rings (SSSR count). The highest BCUT2D eigenvalue weighted by atomic mass is 16.5. The van der Waals surface area contributed by atoms with Crippen LogP contribution in [-0.4, -0.2) is 43.2 Å². The smallest absolute Gasteiger partial charge is 0.191 e. The maximum atomic E-state index is 6.02. The van der Waals surface area contributed by atoms with E-state index in [1.807, 2.05) is 0 Å². The maximum Gasteiger partial charge on any atom is 0.191 e. The summed E-state index contributed by atoms with van der Waals surface area (Å²) in [6.07, 6.45) is 7.60. The standard InChI is InChI=1S/C13H23N3O/c1-11-10-16(7-8-17-11)13(14)15-9-12-5-3-2-4-6-12/h5,11H,2-4,6-10H2,1H3,(H2,14,15). The van der Waals surface area contributed by atoms with Crippen LogP contribution in [0.2, 0.25) is 0 Å². The van der Waals surface area contributed by atoms with Gasteiger partial charge in [-0.3, -0.25) is 0 Å². The van der Waals surface area contributed by atoms with Gasteiger partial charge in [-0.2, -0.15) is 0 Å². The molecule has 0 radical (unpaired) electrons. The third kappa shape index (κ3) is 3.73. The molecule has 0 spiro atoms. The summed E-state index contributed by atoms with van der Waals surface area (Å²) >= 11 is 0. The average molecular weight is 237 g/mol.